The van der Waals surface area contributed by atoms with Crippen molar-refractivity contribution in [2.24, 2.45) is 11.8 Å². The van der Waals surface area contributed by atoms with E-state index < -0.39 is 6.10 Å². The third kappa shape index (κ3) is 45.8. The van der Waals surface area contributed by atoms with Gasteiger partial charge in [-0.2, -0.15) is 0 Å². The zero-order chi connectivity index (χ0) is 43.3. The molecule has 0 aromatic rings. The van der Waals surface area contributed by atoms with E-state index in [1.54, 1.807) is 0 Å². The second-order valence-corrected chi connectivity index (χ2v) is 18.9. The summed E-state index contributed by atoms with van der Waals surface area (Å²) in [5.74, 6) is 0.827. The second kappa shape index (κ2) is 45.9. The number of carbonyl (C=O) groups excluding carboxylic acids is 3. The first-order valence-electron chi connectivity index (χ1n) is 26.3. The molecule has 0 aliphatic carbocycles. The largest absolute Gasteiger partial charge is 0.462 e. The molecule has 0 rings (SSSR count). The molecule has 0 bridgehead atoms. The Balaban J connectivity index is 4.31. The van der Waals surface area contributed by atoms with Crippen LogP contribution >= 0.6 is 0 Å². The average molecular weight is 835 g/mol. The van der Waals surface area contributed by atoms with E-state index in [0.717, 1.165) is 69.6 Å². The molecule has 0 aromatic carbocycles. The summed E-state index contributed by atoms with van der Waals surface area (Å²) in [7, 11) is 0. The van der Waals surface area contributed by atoms with Crippen LogP contribution in [0.3, 0.4) is 0 Å². The van der Waals surface area contributed by atoms with Gasteiger partial charge in [0, 0.05) is 19.3 Å². The van der Waals surface area contributed by atoms with E-state index in [4.69, 9.17) is 14.2 Å². The number of hydrogen-bond acceptors (Lipinski definition) is 6. The van der Waals surface area contributed by atoms with Crippen molar-refractivity contribution >= 4 is 17.9 Å². The molecule has 0 saturated heterocycles. The van der Waals surface area contributed by atoms with Crippen molar-refractivity contribution in [2.45, 2.75) is 298 Å². The quantitative estimate of drug-likeness (QED) is 0.0345. The minimum Gasteiger partial charge on any atom is -0.462 e. The molecule has 1 unspecified atom stereocenters. The van der Waals surface area contributed by atoms with Gasteiger partial charge in [-0.25, -0.2) is 0 Å². The maximum Gasteiger partial charge on any atom is 0.306 e. The molecule has 0 amide bonds. The molecule has 6 nitrogen and oxygen atoms in total. The summed E-state index contributed by atoms with van der Waals surface area (Å²) in [4.78, 5) is 38.0. The fourth-order valence-electron chi connectivity index (χ4n) is 7.96. The van der Waals surface area contributed by atoms with Crippen LogP contribution in [0.15, 0.2) is 0 Å². The minimum absolute atomic E-state index is 0.0639. The monoisotopic (exact) mass is 835 g/mol. The van der Waals surface area contributed by atoms with Crippen molar-refractivity contribution in [3.05, 3.63) is 0 Å². The highest BCUT2D eigenvalue weighted by Gasteiger charge is 2.19. The lowest BCUT2D eigenvalue weighted by Gasteiger charge is -2.18. The fraction of sp³-hybridized carbons (Fsp3) is 0.943. The Morgan fingerprint density at radius 1 is 0.356 bits per heavy atom. The first kappa shape index (κ1) is 57.4. The normalized spacial score (nSPS) is 12.5. The Kier molecular flexibility index (Phi) is 44.7. The molecule has 0 N–H and O–H groups in total. The predicted octanol–water partition coefficient (Wildman–Crippen LogP) is 16.9. The molecule has 0 aliphatic heterocycles. The SMILES string of the molecule is CCCCCCCCCCCCCCCCCC(=O)OC[C@@H](COC(=O)CCCCCCCCCCCCC(C)CC)OC(=O)CCCCCCCCCCCC(C)C. The third-order valence-corrected chi connectivity index (χ3v) is 12.3. The standard InChI is InChI=1S/C53H102O6/c1-6-8-9-10-11-12-13-14-15-16-17-23-28-33-38-43-51(54)57-46-50(59-53(56)45-40-35-30-25-20-21-26-31-36-41-48(3)4)47-58-52(55)44-39-34-29-24-19-18-22-27-32-37-42-49(5)7-2/h48-50H,6-47H2,1-5H3/t49?,50-/m0/s1. The van der Waals surface area contributed by atoms with Gasteiger partial charge < -0.3 is 14.2 Å². The highest BCUT2D eigenvalue weighted by atomic mass is 16.6. The Hall–Kier alpha value is -1.59. The number of esters is 3. The smallest absolute Gasteiger partial charge is 0.306 e. The zero-order valence-corrected chi connectivity index (χ0v) is 40.4. The van der Waals surface area contributed by atoms with Crippen LogP contribution in [-0.4, -0.2) is 37.2 Å². The van der Waals surface area contributed by atoms with Crippen LogP contribution in [0.1, 0.15) is 291 Å². The van der Waals surface area contributed by atoms with Crippen molar-refractivity contribution < 1.29 is 28.6 Å². The molecular weight excluding hydrogens is 733 g/mol. The highest BCUT2D eigenvalue weighted by Crippen LogP contribution is 2.18. The molecule has 59 heavy (non-hydrogen) atoms. The van der Waals surface area contributed by atoms with Gasteiger partial charge in [-0.1, -0.05) is 253 Å². The molecule has 0 radical (unpaired) electrons. The maximum absolute atomic E-state index is 12.8. The topological polar surface area (TPSA) is 78.9 Å². The van der Waals surface area contributed by atoms with Crippen LogP contribution in [0, 0.1) is 11.8 Å². The summed E-state index contributed by atoms with van der Waals surface area (Å²) in [6.07, 6.45) is 46.5. The first-order chi connectivity index (χ1) is 28.8. The zero-order valence-electron chi connectivity index (χ0n) is 40.4. The van der Waals surface area contributed by atoms with Crippen LogP contribution in [0.2, 0.25) is 0 Å². The van der Waals surface area contributed by atoms with Crippen molar-refractivity contribution in [1.82, 2.24) is 0 Å². The Labute approximate surface area is 368 Å². The van der Waals surface area contributed by atoms with E-state index in [9.17, 15) is 14.4 Å². The average Bonchev–Trinajstić information content (AvgIpc) is 3.22. The van der Waals surface area contributed by atoms with Gasteiger partial charge in [-0.3, -0.25) is 14.4 Å². The Morgan fingerprint density at radius 3 is 0.966 bits per heavy atom. The summed E-state index contributed by atoms with van der Waals surface area (Å²) >= 11 is 0. The number of hydrogen-bond donors (Lipinski definition) is 0. The van der Waals surface area contributed by atoms with E-state index >= 15 is 0 Å². The lowest BCUT2D eigenvalue weighted by atomic mass is 9.99. The summed E-state index contributed by atoms with van der Waals surface area (Å²) in [5.41, 5.74) is 0. The molecule has 0 spiro atoms. The number of rotatable bonds is 47. The first-order valence-corrected chi connectivity index (χ1v) is 26.3. The summed E-state index contributed by atoms with van der Waals surface area (Å²) in [6.45, 7) is 11.4. The maximum atomic E-state index is 12.8. The van der Waals surface area contributed by atoms with Crippen molar-refractivity contribution in [1.29, 1.82) is 0 Å². The van der Waals surface area contributed by atoms with Gasteiger partial charge in [0.1, 0.15) is 13.2 Å². The summed E-state index contributed by atoms with van der Waals surface area (Å²) < 4.78 is 16.8. The molecule has 350 valence electrons. The van der Waals surface area contributed by atoms with Crippen molar-refractivity contribution in [3.63, 3.8) is 0 Å². The van der Waals surface area contributed by atoms with Gasteiger partial charge >= 0.3 is 17.9 Å². The van der Waals surface area contributed by atoms with Gasteiger partial charge in [0.15, 0.2) is 6.10 Å². The lowest BCUT2D eigenvalue weighted by molar-refractivity contribution is -0.167. The molecule has 0 aliphatic rings. The third-order valence-electron chi connectivity index (χ3n) is 12.3. The van der Waals surface area contributed by atoms with Crippen LogP contribution in [0.5, 0.6) is 0 Å². The number of ether oxygens (including phenoxy) is 3. The molecule has 0 aromatic heterocycles. The minimum atomic E-state index is -0.762. The van der Waals surface area contributed by atoms with E-state index in [1.165, 1.54) is 180 Å². The van der Waals surface area contributed by atoms with Crippen molar-refractivity contribution in [2.75, 3.05) is 13.2 Å². The molecule has 6 heteroatoms. The molecular formula is C53H102O6. The highest BCUT2D eigenvalue weighted by molar-refractivity contribution is 5.71. The molecule has 0 heterocycles. The Morgan fingerprint density at radius 2 is 0.644 bits per heavy atom. The van der Waals surface area contributed by atoms with E-state index in [0.29, 0.717) is 19.3 Å². The summed E-state index contributed by atoms with van der Waals surface area (Å²) in [6, 6.07) is 0. The van der Waals surface area contributed by atoms with Crippen LogP contribution in [-0.2, 0) is 28.6 Å². The van der Waals surface area contributed by atoms with Gasteiger partial charge in [0.05, 0.1) is 0 Å². The van der Waals surface area contributed by atoms with E-state index in [-0.39, 0.29) is 31.1 Å². The van der Waals surface area contributed by atoms with Crippen LogP contribution in [0.25, 0.3) is 0 Å². The number of unbranched alkanes of at least 4 members (excludes halogenated alkanes) is 31. The predicted molar refractivity (Wildman–Crippen MR) is 252 cm³/mol. The second-order valence-electron chi connectivity index (χ2n) is 18.9. The number of carbonyl (C=O) groups is 3. The molecule has 0 saturated carbocycles. The van der Waals surface area contributed by atoms with Gasteiger partial charge in [0.25, 0.3) is 0 Å². The molecule has 0 fully saturated rings. The van der Waals surface area contributed by atoms with Gasteiger partial charge in [0.2, 0.25) is 0 Å². The molecule has 2 atom stereocenters. The van der Waals surface area contributed by atoms with Crippen molar-refractivity contribution in [3.8, 4) is 0 Å². The van der Waals surface area contributed by atoms with Crippen LogP contribution < -0.4 is 0 Å². The van der Waals surface area contributed by atoms with E-state index in [1.807, 2.05) is 0 Å². The Bertz CT molecular complexity index is 902. The van der Waals surface area contributed by atoms with Gasteiger partial charge in [-0.05, 0) is 31.1 Å². The van der Waals surface area contributed by atoms with Gasteiger partial charge in [-0.15, -0.1) is 0 Å². The van der Waals surface area contributed by atoms with E-state index in [2.05, 4.69) is 34.6 Å². The summed E-state index contributed by atoms with van der Waals surface area (Å²) in [5, 5.41) is 0. The van der Waals surface area contributed by atoms with Crippen LogP contribution in [0.4, 0.5) is 0 Å². The lowest BCUT2D eigenvalue weighted by Crippen LogP contribution is -2.30. The fourth-order valence-corrected chi connectivity index (χ4v) is 7.96.